The molecule has 1 aromatic carbocycles. The molecule has 3 rings (SSSR count). The normalized spacial score (nSPS) is 14.0. The van der Waals surface area contributed by atoms with Crippen molar-refractivity contribution in [2.24, 2.45) is 0 Å². The minimum absolute atomic E-state index is 0.0278. The molecule has 0 radical (unpaired) electrons. The van der Waals surface area contributed by atoms with E-state index in [1.807, 2.05) is 12.1 Å². The fourth-order valence-electron chi connectivity index (χ4n) is 3.12. The van der Waals surface area contributed by atoms with Crippen LogP contribution in [0, 0.1) is 13.8 Å². The van der Waals surface area contributed by atoms with Gasteiger partial charge < -0.3 is 15.2 Å². The van der Waals surface area contributed by atoms with Gasteiger partial charge in [-0.05, 0) is 44.9 Å². The number of carbonyl (C=O) groups excluding carboxylic acids is 1. The maximum absolute atomic E-state index is 12.3. The second-order valence-electron chi connectivity index (χ2n) is 6.30. The van der Waals surface area contributed by atoms with Crippen LogP contribution >= 0.6 is 11.6 Å². The van der Waals surface area contributed by atoms with E-state index in [4.69, 9.17) is 11.6 Å². The highest BCUT2D eigenvalue weighted by Gasteiger charge is 2.16. The Labute approximate surface area is 151 Å². The number of aryl methyl sites for hydroxylation is 2. The number of nitrogens with zero attached hydrogens (tertiary/aromatic N) is 2. The van der Waals surface area contributed by atoms with Crippen LogP contribution in [-0.4, -0.2) is 29.0 Å². The third-order valence-corrected chi connectivity index (χ3v) is 4.66. The van der Waals surface area contributed by atoms with Gasteiger partial charge in [0, 0.05) is 30.0 Å². The third-order valence-electron chi connectivity index (χ3n) is 4.36. The molecule has 1 amide bonds. The zero-order valence-corrected chi connectivity index (χ0v) is 15.1. The average molecular weight is 361 g/mol. The van der Waals surface area contributed by atoms with E-state index in [2.05, 4.69) is 20.2 Å². The van der Waals surface area contributed by atoms with E-state index >= 15 is 0 Å². The first kappa shape index (κ1) is 17.5. The number of anilines is 2. The highest BCUT2D eigenvalue weighted by molar-refractivity contribution is 6.33. The van der Waals surface area contributed by atoms with E-state index in [1.165, 1.54) is 12.8 Å². The van der Waals surface area contributed by atoms with Crippen LogP contribution in [0.2, 0.25) is 5.02 Å². The Morgan fingerprint density at radius 3 is 2.68 bits per heavy atom. The van der Waals surface area contributed by atoms with Crippen LogP contribution in [-0.2, 0) is 11.2 Å². The van der Waals surface area contributed by atoms with E-state index in [1.54, 1.807) is 19.9 Å². The molecule has 25 heavy (non-hydrogen) atoms. The Balaban J connectivity index is 1.71. The number of rotatable bonds is 4. The quantitative estimate of drug-likeness (QED) is 0.878. The van der Waals surface area contributed by atoms with E-state index < -0.39 is 0 Å². The molecule has 6 nitrogen and oxygen atoms in total. The van der Waals surface area contributed by atoms with Gasteiger partial charge in [-0.15, -0.1) is 0 Å². The Bertz CT molecular complexity index is 857. The van der Waals surface area contributed by atoms with Crippen molar-refractivity contribution in [1.29, 1.82) is 0 Å². The Hall–Kier alpha value is -2.34. The molecule has 0 aliphatic carbocycles. The molecule has 1 fully saturated rings. The van der Waals surface area contributed by atoms with Gasteiger partial charge in [-0.2, -0.15) is 0 Å². The zero-order valence-electron chi connectivity index (χ0n) is 14.4. The maximum atomic E-state index is 12.3. The Morgan fingerprint density at radius 2 is 2.04 bits per heavy atom. The van der Waals surface area contributed by atoms with Gasteiger partial charge >= 0.3 is 0 Å². The maximum Gasteiger partial charge on any atom is 0.254 e. The van der Waals surface area contributed by atoms with Crippen LogP contribution in [0.3, 0.4) is 0 Å². The minimum atomic E-state index is -0.275. The van der Waals surface area contributed by atoms with Crippen LogP contribution in [0.5, 0.6) is 0 Å². The van der Waals surface area contributed by atoms with Crippen LogP contribution in [0.1, 0.15) is 29.9 Å². The smallest absolute Gasteiger partial charge is 0.254 e. The average Bonchev–Trinajstić information content (AvgIpc) is 3.05. The number of H-pyrrole nitrogens is 1. The topological polar surface area (TPSA) is 78.1 Å². The number of hydrogen-bond donors (Lipinski definition) is 2. The van der Waals surface area contributed by atoms with Crippen LogP contribution < -0.4 is 15.8 Å². The number of benzene rings is 1. The van der Waals surface area contributed by atoms with Crippen molar-refractivity contribution in [3.8, 4) is 0 Å². The van der Waals surface area contributed by atoms with Gasteiger partial charge in [0.1, 0.15) is 5.82 Å². The summed E-state index contributed by atoms with van der Waals surface area (Å²) in [5.41, 5.74) is 2.28. The van der Waals surface area contributed by atoms with Crippen molar-refractivity contribution in [2.75, 3.05) is 23.3 Å². The van der Waals surface area contributed by atoms with Gasteiger partial charge in [0.05, 0.1) is 17.1 Å². The number of amides is 1. The van der Waals surface area contributed by atoms with E-state index in [9.17, 15) is 9.59 Å². The number of aromatic amines is 1. The van der Waals surface area contributed by atoms with Crippen molar-refractivity contribution < 1.29 is 4.79 Å². The van der Waals surface area contributed by atoms with Crippen molar-refractivity contribution in [1.82, 2.24) is 9.97 Å². The van der Waals surface area contributed by atoms with E-state index in [0.717, 1.165) is 18.8 Å². The summed E-state index contributed by atoms with van der Waals surface area (Å²) in [6.07, 6.45) is 2.32. The predicted octanol–water partition coefficient (Wildman–Crippen LogP) is 2.82. The van der Waals surface area contributed by atoms with Gasteiger partial charge in [-0.25, -0.2) is 4.98 Å². The predicted molar refractivity (Wildman–Crippen MR) is 99.6 cm³/mol. The molecule has 2 heterocycles. The summed E-state index contributed by atoms with van der Waals surface area (Å²) in [4.78, 5) is 33.3. The van der Waals surface area contributed by atoms with Crippen LogP contribution in [0.15, 0.2) is 23.0 Å². The second kappa shape index (κ2) is 7.27. The van der Waals surface area contributed by atoms with Gasteiger partial charge in [0.15, 0.2) is 0 Å². The first-order valence-corrected chi connectivity index (χ1v) is 8.72. The number of halogens is 1. The van der Waals surface area contributed by atoms with Gasteiger partial charge in [0.25, 0.3) is 5.56 Å². The van der Waals surface area contributed by atoms with Crippen molar-refractivity contribution in [3.63, 3.8) is 0 Å². The van der Waals surface area contributed by atoms with Gasteiger partial charge in [0.2, 0.25) is 5.91 Å². The van der Waals surface area contributed by atoms with Crippen LogP contribution in [0.4, 0.5) is 11.4 Å². The molecule has 0 unspecified atom stereocenters. The molecular weight excluding hydrogens is 340 g/mol. The largest absolute Gasteiger partial charge is 0.370 e. The van der Waals surface area contributed by atoms with Crippen molar-refractivity contribution in [2.45, 2.75) is 33.1 Å². The molecule has 7 heteroatoms. The summed E-state index contributed by atoms with van der Waals surface area (Å²) in [5, 5.41) is 3.41. The first-order valence-electron chi connectivity index (χ1n) is 8.35. The fourth-order valence-corrected chi connectivity index (χ4v) is 3.42. The lowest BCUT2D eigenvalue weighted by atomic mass is 10.1. The van der Waals surface area contributed by atoms with Gasteiger partial charge in [-0.1, -0.05) is 11.6 Å². The molecule has 0 spiro atoms. The van der Waals surface area contributed by atoms with Crippen molar-refractivity contribution >= 4 is 28.9 Å². The molecule has 0 atom stereocenters. The molecular formula is C18H21ClN4O2. The highest BCUT2D eigenvalue weighted by atomic mass is 35.5. The molecule has 1 aliphatic heterocycles. The van der Waals surface area contributed by atoms with Crippen molar-refractivity contribution in [3.05, 3.63) is 50.7 Å². The third kappa shape index (κ3) is 4.02. The summed E-state index contributed by atoms with van der Waals surface area (Å²) >= 11 is 6.36. The number of aromatic nitrogens is 2. The lowest BCUT2D eigenvalue weighted by molar-refractivity contribution is -0.115. The first-order chi connectivity index (χ1) is 11.9. The lowest BCUT2D eigenvalue weighted by Crippen LogP contribution is -2.24. The molecule has 1 saturated heterocycles. The molecule has 132 valence electrons. The molecule has 2 N–H and O–H groups in total. The number of carbonyl (C=O) groups is 1. The fraction of sp³-hybridized carbons (Fsp3) is 0.389. The zero-order chi connectivity index (χ0) is 18.0. The summed E-state index contributed by atoms with van der Waals surface area (Å²) in [7, 11) is 0. The number of nitrogens with one attached hydrogen (secondary N) is 2. The number of hydrogen-bond acceptors (Lipinski definition) is 4. The highest BCUT2D eigenvalue weighted by Crippen LogP contribution is 2.31. The molecule has 1 aliphatic rings. The van der Waals surface area contributed by atoms with Gasteiger partial charge in [-0.3, -0.25) is 9.59 Å². The van der Waals surface area contributed by atoms with Crippen LogP contribution in [0.25, 0.3) is 0 Å². The lowest BCUT2D eigenvalue weighted by Gasteiger charge is -2.19. The Kier molecular flexibility index (Phi) is 5.08. The SMILES string of the molecule is Cc1nc(C)c(CC(=O)Nc2ccc(N3CCCC3)c(Cl)c2)c(=O)[nH]1. The van der Waals surface area contributed by atoms with E-state index in [0.29, 0.717) is 27.8 Å². The summed E-state index contributed by atoms with van der Waals surface area (Å²) < 4.78 is 0. The molecule has 1 aromatic heterocycles. The summed E-state index contributed by atoms with van der Waals surface area (Å²) in [6, 6.07) is 5.51. The second-order valence-corrected chi connectivity index (χ2v) is 6.71. The summed E-state index contributed by atoms with van der Waals surface area (Å²) in [5.74, 6) is 0.264. The monoisotopic (exact) mass is 360 g/mol. The summed E-state index contributed by atoms with van der Waals surface area (Å²) in [6.45, 7) is 5.45. The van der Waals surface area contributed by atoms with E-state index in [-0.39, 0.29) is 17.9 Å². The standard InChI is InChI=1S/C18H21ClN4O2/c1-11-14(18(25)21-12(2)20-11)10-17(24)22-13-5-6-16(15(19)9-13)23-7-3-4-8-23/h5-6,9H,3-4,7-8,10H2,1-2H3,(H,22,24)(H,20,21,25). The molecule has 0 bridgehead atoms. The Morgan fingerprint density at radius 1 is 1.32 bits per heavy atom. The minimum Gasteiger partial charge on any atom is -0.370 e. The molecule has 2 aromatic rings. The molecule has 0 saturated carbocycles.